The Morgan fingerprint density at radius 2 is 1.69 bits per heavy atom. The third-order valence-corrected chi connectivity index (χ3v) is 6.54. The molecule has 39 heavy (non-hydrogen) atoms. The number of anilines is 1. The quantitative estimate of drug-likeness (QED) is 0.328. The van der Waals surface area contributed by atoms with E-state index in [0.29, 0.717) is 31.5 Å². The number of rotatable bonds is 8. The third-order valence-electron chi connectivity index (χ3n) is 6.54. The number of nitrogens with two attached hydrogens (primary N) is 1. The van der Waals surface area contributed by atoms with Crippen LogP contribution >= 0.6 is 0 Å². The molecule has 0 fully saturated rings. The maximum absolute atomic E-state index is 13.9. The molecule has 3 aromatic rings. The van der Waals surface area contributed by atoms with Crippen LogP contribution in [0.15, 0.2) is 78.9 Å². The second-order valence-corrected chi connectivity index (χ2v) is 9.10. The Hall–Kier alpha value is -4.37. The van der Waals surface area contributed by atoms with Gasteiger partial charge >= 0.3 is 12.0 Å². The Labute approximate surface area is 229 Å². The minimum absolute atomic E-state index is 0.0205. The zero-order valence-corrected chi connectivity index (χ0v) is 22.3. The van der Waals surface area contributed by atoms with E-state index in [0.717, 1.165) is 16.7 Å². The van der Waals surface area contributed by atoms with E-state index < -0.39 is 18.0 Å². The summed E-state index contributed by atoms with van der Waals surface area (Å²) >= 11 is 0. The molecular formula is C30H36N4O5. The molecule has 0 spiro atoms. The highest BCUT2D eigenvalue weighted by Crippen LogP contribution is 2.27. The van der Waals surface area contributed by atoms with Gasteiger partial charge in [-0.15, -0.1) is 0 Å². The Kier molecular flexibility index (Phi) is 10.9. The lowest BCUT2D eigenvalue weighted by molar-refractivity contribution is -0.145. The van der Waals surface area contributed by atoms with Crippen LogP contribution in [0, 0.1) is 0 Å². The molecule has 2 atom stereocenters. The number of nitrogens with zero attached hydrogens (tertiary/aromatic N) is 1. The van der Waals surface area contributed by atoms with Crippen LogP contribution in [-0.2, 0) is 33.7 Å². The van der Waals surface area contributed by atoms with Crippen LogP contribution in [0.4, 0.5) is 10.5 Å². The second-order valence-electron chi connectivity index (χ2n) is 9.10. The SMILES string of the molecule is CN.COC(=O)C[C@H]1Cc2ccccc2CN1C(=O)C(CCc1ccccc1)NC(=O)Nc1cccc(O)c1. The van der Waals surface area contributed by atoms with Crippen molar-refractivity contribution < 1.29 is 24.2 Å². The number of hydrogen-bond donors (Lipinski definition) is 4. The number of aryl methyl sites for hydroxylation is 1. The Morgan fingerprint density at radius 1 is 1.00 bits per heavy atom. The number of methoxy groups -OCH3 is 1. The molecule has 0 saturated carbocycles. The molecule has 1 aliphatic heterocycles. The predicted molar refractivity (Wildman–Crippen MR) is 150 cm³/mol. The van der Waals surface area contributed by atoms with E-state index in [-0.39, 0.29) is 24.1 Å². The first-order valence-electron chi connectivity index (χ1n) is 12.8. The summed E-state index contributed by atoms with van der Waals surface area (Å²) in [6.45, 7) is 0.342. The summed E-state index contributed by atoms with van der Waals surface area (Å²) < 4.78 is 4.90. The highest BCUT2D eigenvalue weighted by atomic mass is 16.5. The van der Waals surface area contributed by atoms with E-state index in [4.69, 9.17) is 4.74 Å². The number of fused-ring (bicyclic) bond motifs is 1. The summed E-state index contributed by atoms with van der Waals surface area (Å²) in [5.41, 5.74) is 8.06. The largest absolute Gasteiger partial charge is 0.508 e. The second kappa shape index (κ2) is 14.5. The number of hydrogen-bond acceptors (Lipinski definition) is 6. The molecule has 3 amide bonds. The molecule has 3 aromatic carbocycles. The molecule has 4 rings (SSSR count). The van der Waals surface area contributed by atoms with Gasteiger partial charge in [-0.2, -0.15) is 0 Å². The number of ether oxygens (including phenoxy) is 1. The number of benzene rings is 3. The Balaban J connectivity index is 0.00000205. The van der Waals surface area contributed by atoms with Gasteiger partial charge < -0.3 is 31.1 Å². The third kappa shape index (κ3) is 8.31. The summed E-state index contributed by atoms with van der Waals surface area (Å²) in [7, 11) is 2.83. The van der Waals surface area contributed by atoms with Gasteiger partial charge in [-0.3, -0.25) is 9.59 Å². The fraction of sp³-hybridized carbons (Fsp3) is 0.300. The van der Waals surface area contributed by atoms with Crippen LogP contribution in [-0.4, -0.2) is 54.2 Å². The lowest BCUT2D eigenvalue weighted by Crippen LogP contribution is -2.54. The first kappa shape index (κ1) is 29.2. The van der Waals surface area contributed by atoms with Gasteiger partial charge in [0.2, 0.25) is 5.91 Å². The Bertz CT molecular complexity index is 1250. The van der Waals surface area contributed by atoms with Gasteiger partial charge in [0.1, 0.15) is 11.8 Å². The minimum Gasteiger partial charge on any atom is -0.508 e. The van der Waals surface area contributed by atoms with Crippen molar-refractivity contribution >= 4 is 23.6 Å². The molecule has 5 N–H and O–H groups in total. The summed E-state index contributed by atoms with van der Waals surface area (Å²) in [5.74, 6) is -0.630. The summed E-state index contributed by atoms with van der Waals surface area (Å²) in [5, 5.41) is 15.2. The van der Waals surface area contributed by atoms with Gasteiger partial charge in [0.05, 0.1) is 13.5 Å². The van der Waals surface area contributed by atoms with Crippen molar-refractivity contribution in [3.05, 3.63) is 95.6 Å². The maximum Gasteiger partial charge on any atom is 0.319 e. The van der Waals surface area contributed by atoms with Crippen molar-refractivity contribution in [1.29, 1.82) is 0 Å². The van der Waals surface area contributed by atoms with Crippen molar-refractivity contribution in [1.82, 2.24) is 10.2 Å². The number of amides is 3. The fourth-order valence-corrected chi connectivity index (χ4v) is 4.63. The molecule has 0 aliphatic carbocycles. The van der Waals surface area contributed by atoms with E-state index in [1.807, 2.05) is 54.6 Å². The molecule has 9 heteroatoms. The molecule has 1 aliphatic rings. The molecule has 1 heterocycles. The van der Waals surface area contributed by atoms with Crippen molar-refractivity contribution in [2.24, 2.45) is 5.73 Å². The molecule has 1 unspecified atom stereocenters. The van der Waals surface area contributed by atoms with E-state index >= 15 is 0 Å². The molecule has 0 radical (unpaired) electrons. The molecule has 0 saturated heterocycles. The van der Waals surface area contributed by atoms with Gasteiger partial charge in [-0.25, -0.2) is 4.79 Å². The Morgan fingerprint density at radius 3 is 2.38 bits per heavy atom. The smallest absolute Gasteiger partial charge is 0.319 e. The van der Waals surface area contributed by atoms with Crippen LogP contribution < -0.4 is 16.4 Å². The topological polar surface area (TPSA) is 134 Å². The highest BCUT2D eigenvalue weighted by Gasteiger charge is 2.35. The summed E-state index contributed by atoms with van der Waals surface area (Å²) in [6, 6.07) is 22.0. The van der Waals surface area contributed by atoms with Crippen molar-refractivity contribution in [3.63, 3.8) is 0 Å². The monoisotopic (exact) mass is 532 g/mol. The first-order chi connectivity index (χ1) is 18.9. The molecular weight excluding hydrogens is 496 g/mol. The number of phenolic OH excluding ortho intramolecular Hbond substituents is 1. The lowest BCUT2D eigenvalue weighted by atomic mass is 9.91. The predicted octanol–water partition coefficient (Wildman–Crippen LogP) is 3.61. The standard InChI is InChI=1S/C29H31N3O5.CH5N/c1-37-27(34)18-24-16-21-10-5-6-11-22(21)19-32(24)28(35)26(15-14-20-8-3-2-4-9-20)31-29(36)30-23-12-7-13-25(33)17-23;1-2/h2-13,17,24,26,33H,14-16,18-19H2,1H3,(H2,30,31,36);2H2,1H3/t24-,26?;/m1./s1. The zero-order valence-electron chi connectivity index (χ0n) is 22.3. The van der Waals surface area contributed by atoms with Gasteiger partial charge in [-0.05, 0) is 55.1 Å². The zero-order chi connectivity index (χ0) is 28.2. The van der Waals surface area contributed by atoms with E-state index in [1.54, 1.807) is 17.0 Å². The average molecular weight is 533 g/mol. The van der Waals surface area contributed by atoms with Crippen LogP contribution in [0.1, 0.15) is 29.5 Å². The number of phenols is 1. The fourth-order valence-electron chi connectivity index (χ4n) is 4.63. The molecule has 0 aromatic heterocycles. The summed E-state index contributed by atoms with van der Waals surface area (Å²) in [6.07, 6.45) is 1.55. The van der Waals surface area contributed by atoms with E-state index in [9.17, 15) is 19.5 Å². The van der Waals surface area contributed by atoms with Gasteiger partial charge in [0.25, 0.3) is 0 Å². The van der Waals surface area contributed by atoms with Crippen molar-refractivity contribution in [3.8, 4) is 5.75 Å². The minimum atomic E-state index is -0.831. The maximum atomic E-state index is 13.9. The van der Waals surface area contributed by atoms with Crippen LogP contribution in [0.3, 0.4) is 0 Å². The molecule has 0 bridgehead atoms. The van der Waals surface area contributed by atoms with Gasteiger partial charge in [0.15, 0.2) is 0 Å². The number of aromatic hydroxyl groups is 1. The first-order valence-corrected chi connectivity index (χ1v) is 12.8. The van der Waals surface area contributed by atoms with Crippen molar-refractivity contribution in [2.75, 3.05) is 19.5 Å². The van der Waals surface area contributed by atoms with Gasteiger partial charge in [0, 0.05) is 24.3 Å². The average Bonchev–Trinajstić information content (AvgIpc) is 2.96. The van der Waals surface area contributed by atoms with Gasteiger partial charge in [-0.1, -0.05) is 60.7 Å². The van der Waals surface area contributed by atoms with E-state index in [2.05, 4.69) is 16.4 Å². The normalized spacial score (nSPS) is 14.6. The number of carbonyl (C=O) groups excluding carboxylic acids is 3. The summed E-state index contributed by atoms with van der Waals surface area (Å²) in [4.78, 5) is 40.7. The van der Waals surface area contributed by atoms with Crippen LogP contribution in [0.2, 0.25) is 0 Å². The number of nitrogens with one attached hydrogen (secondary N) is 2. The number of urea groups is 1. The molecule has 206 valence electrons. The van der Waals surface area contributed by atoms with Crippen molar-refractivity contribution in [2.45, 2.75) is 44.3 Å². The van der Waals surface area contributed by atoms with E-state index in [1.165, 1.54) is 26.3 Å². The highest BCUT2D eigenvalue weighted by molar-refractivity contribution is 5.94. The lowest BCUT2D eigenvalue weighted by Gasteiger charge is -2.38. The van der Waals surface area contributed by atoms with Crippen LogP contribution in [0.5, 0.6) is 5.75 Å². The molecule has 9 nitrogen and oxygen atoms in total. The number of carbonyl (C=O) groups is 3. The number of esters is 1. The van der Waals surface area contributed by atoms with Crippen LogP contribution in [0.25, 0.3) is 0 Å².